The summed E-state index contributed by atoms with van der Waals surface area (Å²) in [7, 11) is 4.68. The molecule has 38 heavy (non-hydrogen) atoms. The normalized spacial score (nSPS) is 13.5. The van der Waals surface area contributed by atoms with Crippen molar-refractivity contribution in [1.82, 2.24) is 15.1 Å². The highest BCUT2D eigenvalue weighted by Gasteiger charge is 2.26. The first kappa shape index (κ1) is 25.5. The van der Waals surface area contributed by atoms with E-state index in [9.17, 15) is 9.59 Å². The van der Waals surface area contributed by atoms with E-state index in [1.54, 1.807) is 44.4 Å². The van der Waals surface area contributed by atoms with Gasteiger partial charge in [-0.3, -0.25) is 4.79 Å². The van der Waals surface area contributed by atoms with Crippen LogP contribution in [-0.4, -0.2) is 68.5 Å². The Morgan fingerprint density at radius 2 is 1.61 bits per heavy atom. The van der Waals surface area contributed by atoms with E-state index in [4.69, 9.17) is 18.6 Å². The van der Waals surface area contributed by atoms with Gasteiger partial charge >= 0.3 is 5.63 Å². The van der Waals surface area contributed by atoms with Gasteiger partial charge in [0.15, 0.2) is 17.3 Å². The standard InChI is InChI=1S/C27H25BrN4O6/c1-35-22-14-16(15-23(36-2)25(22)37-3)20-5-7-24(30-29-20)31-8-10-32(11-9-31)26(33)19-13-17-12-18(28)4-6-21(17)38-27(19)34/h4-7,12-15H,8-11H2,1-3H3. The van der Waals surface area contributed by atoms with Crippen LogP contribution in [0, 0.1) is 0 Å². The maximum Gasteiger partial charge on any atom is 0.349 e. The Bertz CT molecular complexity index is 1520. The van der Waals surface area contributed by atoms with Crippen molar-refractivity contribution in [3.8, 4) is 28.5 Å². The predicted octanol–water partition coefficient (Wildman–Crippen LogP) is 4.00. The van der Waals surface area contributed by atoms with Crippen LogP contribution in [0.2, 0.25) is 0 Å². The minimum absolute atomic E-state index is 0.0264. The highest BCUT2D eigenvalue weighted by molar-refractivity contribution is 9.10. The Balaban J connectivity index is 1.29. The van der Waals surface area contributed by atoms with Crippen LogP contribution < -0.4 is 24.7 Å². The maximum absolute atomic E-state index is 13.1. The Kier molecular flexibility index (Phi) is 7.19. The van der Waals surface area contributed by atoms with Crippen LogP contribution in [0.4, 0.5) is 5.82 Å². The van der Waals surface area contributed by atoms with Crippen molar-refractivity contribution in [2.45, 2.75) is 0 Å². The van der Waals surface area contributed by atoms with Crippen LogP contribution in [0.3, 0.4) is 0 Å². The van der Waals surface area contributed by atoms with Crippen molar-refractivity contribution in [1.29, 1.82) is 0 Å². The van der Waals surface area contributed by atoms with E-state index in [1.807, 2.05) is 30.3 Å². The Hall–Kier alpha value is -4.12. The molecule has 1 fully saturated rings. The summed E-state index contributed by atoms with van der Waals surface area (Å²) in [5.74, 6) is 1.92. The molecule has 2 aromatic carbocycles. The maximum atomic E-state index is 13.1. The van der Waals surface area contributed by atoms with E-state index in [2.05, 4.69) is 31.0 Å². The minimum Gasteiger partial charge on any atom is -0.493 e. The molecule has 1 saturated heterocycles. The lowest BCUT2D eigenvalue weighted by Crippen LogP contribution is -2.49. The monoisotopic (exact) mass is 580 g/mol. The van der Waals surface area contributed by atoms with Gasteiger partial charge in [-0.2, -0.15) is 0 Å². The molecule has 3 heterocycles. The van der Waals surface area contributed by atoms with E-state index in [-0.39, 0.29) is 11.5 Å². The van der Waals surface area contributed by atoms with Crippen LogP contribution in [0.15, 0.2) is 62.2 Å². The Morgan fingerprint density at radius 3 is 2.21 bits per heavy atom. The third kappa shape index (κ3) is 4.89. The number of carbonyl (C=O) groups excluding carboxylic acids is 1. The summed E-state index contributed by atoms with van der Waals surface area (Å²) in [5, 5.41) is 9.49. The molecule has 1 aliphatic heterocycles. The summed E-state index contributed by atoms with van der Waals surface area (Å²) in [6.45, 7) is 1.97. The summed E-state index contributed by atoms with van der Waals surface area (Å²) < 4.78 is 22.5. The molecule has 1 aliphatic rings. The smallest absolute Gasteiger partial charge is 0.349 e. The van der Waals surface area contributed by atoms with Gasteiger partial charge in [-0.25, -0.2) is 4.79 Å². The predicted molar refractivity (Wildman–Crippen MR) is 145 cm³/mol. The molecule has 2 aromatic heterocycles. The summed E-state index contributed by atoms with van der Waals surface area (Å²) in [6.07, 6.45) is 0. The number of carbonyl (C=O) groups is 1. The number of aromatic nitrogens is 2. The fraction of sp³-hybridized carbons (Fsp3) is 0.259. The molecular formula is C27H25BrN4O6. The number of piperazine rings is 1. The average Bonchev–Trinajstić information content (AvgIpc) is 2.96. The second kappa shape index (κ2) is 10.7. The quantitative estimate of drug-likeness (QED) is 0.313. The number of amides is 1. The molecule has 0 unspecified atom stereocenters. The molecule has 0 aliphatic carbocycles. The number of nitrogens with zero attached hydrogens (tertiary/aromatic N) is 4. The number of anilines is 1. The van der Waals surface area contributed by atoms with Crippen molar-refractivity contribution < 1.29 is 23.4 Å². The topological polar surface area (TPSA) is 107 Å². The van der Waals surface area contributed by atoms with E-state index >= 15 is 0 Å². The molecule has 0 spiro atoms. The molecular weight excluding hydrogens is 556 g/mol. The molecule has 0 bridgehead atoms. The highest BCUT2D eigenvalue weighted by atomic mass is 79.9. The molecule has 1 amide bonds. The van der Waals surface area contributed by atoms with Crippen molar-refractivity contribution in [2.75, 3.05) is 52.4 Å². The van der Waals surface area contributed by atoms with Gasteiger partial charge < -0.3 is 28.4 Å². The van der Waals surface area contributed by atoms with Crippen molar-refractivity contribution in [3.63, 3.8) is 0 Å². The van der Waals surface area contributed by atoms with Gasteiger partial charge in [0, 0.05) is 41.6 Å². The van der Waals surface area contributed by atoms with Crippen molar-refractivity contribution in [3.05, 3.63) is 69.0 Å². The van der Waals surface area contributed by atoms with Gasteiger partial charge in [0.1, 0.15) is 11.1 Å². The summed E-state index contributed by atoms with van der Waals surface area (Å²) in [4.78, 5) is 29.3. The van der Waals surface area contributed by atoms with E-state index in [0.717, 1.165) is 10.0 Å². The Labute approximate surface area is 226 Å². The molecule has 0 atom stereocenters. The lowest BCUT2D eigenvalue weighted by molar-refractivity contribution is 0.0742. The molecule has 11 heteroatoms. The van der Waals surface area contributed by atoms with Gasteiger partial charge in [-0.05, 0) is 48.5 Å². The lowest BCUT2D eigenvalue weighted by atomic mass is 10.1. The van der Waals surface area contributed by atoms with Gasteiger partial charge in [0.05, 0.1) is 27.0 Å². The number of halogens is 1. The van der Waals surface area contributed by atoms with Crippen LogP contribution in [0.1, 0.15) is 10.4 Å². The molecule has 4 aromatic rings. The second-order valence-corrected chi connectivity index (χ2v) is 9.52. The highest BCUT2D eigenvalue weighted by Crippen LogP contribution is 2.40. The number of methoxy groups -OCH3 is 3. The first-order valence-corrected chi connectivity index (χ1v) is 12.6. The SMILES string of the molecule is COc1cc(-c2ccc(N3CCN(C(=O)c4cc5cc(Br)ccc5oc4=O)CC3)nn2)cc(OC)c1OC. The molecule has 0 saturated carbocycles. The van der Waals surface area contributed by atoms with Gasteiger partial charge in [-0.1, -0.05) is 15.9 Å². The molecule has 0 radical (unpaired) electrons. The van der Waals surface area contributed by atoms with E-state index < -0.39 is 5.63 Å². The van der Waals surface area contributed by atoms with Gasteiger partial charge in [-0.15, -0.1) is 10.2 Å². The second-order valence-electron chi connectivity index (χ2n) is 8.60. The largest absolute Gasteiger partial charge is 0.493 e. The minimum atomic E-state index is -0.638. The number of hydrogen-bond acceptors (Lipinski definition) is 9. The van der Waals surface area contributed by atoms with Gasteiger partial charge in [0.25, 0.3) is 5.91 Å². The number of fused-ring (bicyclic) bond motifs is 1. The number of ether oxygens (including phenoxy) is 3. The summed E-state index contributed by atoms with van der Waals surface area (Å²) in [6, 6.07) is 14.3. The van der Waals surface area contributed by atoms with Crippen molar-refractivity contribution in [2.24, 2.45) is 0 Å². The average molecular weight is 581 g/mol. The number of benzene rings is 2. The summed E-state index contributed by atoms with van der Waals surface area (Å²) in [5.41, 5.74) is 1.25. The molecule has 196 valence electrons. The first-order valence-electron chi connectivity index (χ1n) is 11.8. The van der Waals surface area contributed by atoms with Crippen molar-refractivity contribution >= 4 is 38.6 Å². The third-order valence-electron chi connectivity index (χ3n) is 6.43. The molecule has 10 nitrogen and oxygen atoms in total. The Morgan fingerprint density at radius 1 is 0.895 bits per heavy atom. The zero-order valence-electron chi connectivity index (χ0n) is 21.1. The van der Waals surface area contributed by atoms with Crippen LogP contribution in [0.25, 0.3) is 22.2 Å². The third-order valence-corrected chi connectivity index (χ3v) is 6.92. The number of hydrogen-bond donors (Lipinski definition) is 0. The fourth-order valence-corrected chi connectivity index (χ4v) is 4.81. The van der Waals surface area contributed by atoms with E-state index in [0.29, 0.717) is 65.9 Å². The van der Waals surface area contributed by atoms with Crippen LogP contribution >= 0.6 is 15.9 Å². The number of rotatable bonds is 6. The molecule has 0 N–H and O–H groups in total. The fourth-order valence-electron chi connectivity index (χ4n) is 4.43. The first-order chi connectivity index (χ1) is 18.4. The van der Waals surface area contributed by atoms with Crippen LogP contribution in [0.5, 0.6) is 17.2 Å². The zero-order chi connectivity index (χ0) is 26.8. The van der Waals surface area contributed by atoms with Crippen LogP contribution in [-0.2, 0) is 0 Å². The summed E-state index contributed by atoms with van der Waals surface area (Å²) >= 11 is 3.41. The van der Waals surface area contributed by atoms with Gasteiger partial charge in [0.2, 0.25) is 5.75 Å². The zero-order valence-corrected chi connectivity index (χ0v) is 22.6. The molecule has 5 rings (SSSR count). The van der Waals surface area contributed by atoms with E-state index in [1.165, 1.54) is 0 Å². The lowest BCUT2D eigenvalue weighted by Gasteiger charge is -2.35.